The highest BCUT2D eigenvalue weighted by Crippen LogP contribution is 2.44. The molecule has 352 valence electrons. The first kappa shape index (κ1) is 54.9. The number of carboxylic acid groups (broad SMARTS) is 1. The number of aliphatic carboxylic acids is 1. The molecule has 0 aromatic heterocycles. The third-order valence-corrected chi connectivity index (χ3v) is 10.5. The quantitative estimate of drug-likeness (QED) is 0.0858. The van der Waals surface area contributed by atoms with Gasteiger partial charge in [0.2, 0.25) is 0 Å². The van der Waals surface area contributed by atoms with Crippen LogP contribution in [0.5, 0.6) is 11.5 Å². The van der Waals surface area contributed by atoms with Gasteiger partial charge < -0.3 is 20.3 Å². The second kappa shape index (κ2) is 27.8. The minimum atomic E-state index is -3.96. The summed E-state index contributed by atoms with van der Waals surface area (Å²) in [6.07, 6.45) is 4.71. The molecule has 1 aliphatic heterocycles. The van der Waals surface area contributed by atoms with Gasteiger partial charge in [0.05, 0.1) is 24.3 Å². The largest absolute Gasteiger partial charge is 0.493 e. The molecular weight excluding hydrogens is 828 g/mol. The molecule has 1 amide bonds. The number of ether oxygens (including phenoxy) is 2. The smallest absolute Gasteiger partial charge is 0.388 e. The van der Waals surface area contributed by atoms with Gasteiger partial charge in [-0.25, -0.2) is 8.78 Å². The first-order valence-electron chi connectivity index (χ1n) is 22.3. The Kier molecular flexibility index (Phi) is 23.9. The van der Waals surface area contributed by atoms with E-state index in [1.54, 1.807) is 19.9 Å². The van der Waals surface area contributed by atoms with Crippen molar-refractivity contribution < 1.29 is 46.1 Å². The number of nitrogens with two attached hydrogens (primary N) is 1. The second-order valence-corrected chi connectivity index (χ2v) is 15.9. The van der Waals surface area contributed by atoms with Gasteiger partial charge in [0.25, 0.3) is 5.91 Å². The molecule has 1 fully saturated rings. The number of likely N-dealkylation sites (tertiary alicyclic amines) is 1. The van der Waals surface area contributed by atoms with Crippen LogP contribution in [0.1, 0.15) is 126 Å². The molecule has 3 N–H and O–H groups in total. The van der Waals surface area contributed by atoms with Gasteiger partial charge in [-0.2, -0.15) is 13.2 Å². The third-order valence-electron chi connectivity index (χ3n) is 10.5. The van der Waals surface area contributed by atoms with E-state index in [2.05, 4.69) is 68.7 Å². The molecule has 1 saturated heterocycles. The van der Waals surface area contributed by atoms with Crippen molar-refractivity contribution in [2.24, 2.45) is 11.7 Å². The van der Waals surface area contributed by atoms with E-state index in [0.29, 0.717) is 43.6 Å². The molecule has 1 atom stereocenters. The number of aryl methyl sites for hydroxylation is 2. The summed E-state index contributed by atoms with van der Waals surface area (Å²) in [6.45, 7) is 22.1. The highest BCUT2D eigenvalue weighted by atomic mass is 19.4. The number of allylic oxidation sites excluding steroid dienone is 3. The van der Waals surface area contributed by atoms with E-state index in [1.807, 2.05) is 38.1 Å². The zero-order chi connectivity index (χ0) is 48.0. The number of halogens is 5. The van der Waals surface area contributed by atoms with Crippen LogP contribution in [-0.4, -0.2) is 60.5 Å². The van der Waals surface area contributed by atoms with Crippen molar-refractivity contribution in [2.75, 3.05) is 26.3 Å². The van der Waals surface area contributed by atoms with Crippen LogP contribution in [0.25, 0.3) is 27.5 Å². The summed E-state index contributed by atoms with van der Waals surface area (Å²) >= 11 is 0. The number of benzene rings is 4. The molecule has 0 aliphatic carbocycles. The van der Waals surface area contributed by atoms with Gasteiger partial charge in [-0.1, -0.05) is 107 Å². The van der Waals surface area contributed by atoms with Crippen LogP contribution in [0.2, 0.25) is 0 Å². The fourth-order valence-corrected chi connectivity index (χ4v) is 6.84. The molecule has 1 unspecified atom stereocenters. The number of fused-ring (bicyclic) bond motifs is 1. The summed E-state index contributed by atoms with van der Waals surface area (Å²) in [4.78, 5) is 24.3. The Morgan fingerprint density at radius 3 is 2.02 bits per heavy atom. The van der Waals surface area contributed by atoms with E-state index in [-0.39, 0.29) is 12.0 Å². The normalized spacial score (nSPS) is 13.5. The number of piperidine rings is 1. The summed E-state index contributed by atoms with van der Waals surface area (Å²) < 4.78 is 71.6. The van der Waals surface area contributed by atoms with Crippen LogP contribution in [0, 0.1) is 18.7 Å². The molecule has 0 saturated carbocycles. The molecule has 1 heterocycles. The number of unbranched alkanes of at least 4 members (excludes halogenated alkanes) is 1. The van der Waals surface area contributed by atoms with Crippen LogP contribution in [0.3, 0.4) is 0 Å². The van der Waals surface area contributed by atoms with Crippen molar-refractivity contribution in [1.29, 1.82) is 0 Å². The molecule has 4 aromatic rings. The average molecular weight is 897 g/mol. The average Bonchev–Trinajstić information content (AvgIpc) is 3.24. The Morgan fingerprint density at radius 2 is 1.53 bits per heavy atom. The van der Waals surface area contributed by atoms with Crippen molar-refractivity contribution in [3.8, 4) is 22.6 Å². The SMILES string of the molecule is C=C(C)c1cc(C)c(C(N)=O)c(F)c1.CCC(F)(F)F.CCC/C=C\C(C)CC.CCOc1cc(CN2CCC(F)CC2)cc(OCC)c1-c1cccc2c(CCC(=O)O)cccc12. The molecule has 7 nitrogen and oxygen atoms in total. The minimum absolute atomic E-state index is 0.0463. The van der Waals surface area contributed by atoms with Gasteiger partial charge >= 0.3 is 12.1 Å². The van der Waals surface area contributed by atoms with E-state index in [1.165, 1.54) is 25.3 Å². The monoisotopic (exact) mass is 897 g/mol. The predicted molar refractivity (Wildman–Crippen MR) is 251 cm³/mol. The van der Waals surface area contributed by atoms with Crippen LogP contribution in [0.4, 0.5) is 22.0 Å². The van der Waals surface area contributed by atoms with Gasteiger partial charge in [0, 0.05) is 32.5 Å². The molecule has 1 aliphatic rings. The van der Waals surface area contributed by atoms with Gasteiger partial charge in [-0.15, -0.1) is 0 Å². The van der Waals surface area contributed by atoms with Gasteiger partial charge in [0.1, 0.15) is 23.5 Å². The van der Waals surface area contributed by atoms with Gasteiger partial charge in [-0.05, 0) is 116 Å². The Labute approximate surface area is 377 Å². The molecule has 0 spiro atoms. The van der Waals surface area contributed by atoms with Crippen LogP contribution >= 0.6 is 0 Å². The molecule has 0 radical (unpaired) electrons. The predicted octanol–water partition coefficient (Wildman–Crippen LogP) is 13.9. The molecule has 0 bridgehead atoms. The standard InChI is InChI=1S/C29H34FNO4.C11H12FNO.C9H18.C3H5F3/c1-3-34-26-17-20(19-31-15-13-22(30)14-16-31)18-27(35-4-2)29(26)25-10-6-8-23-21(11-12-28(32)33)7-5-9-24(23)25;1-6(2)8-4-7(3)10(11(13)14)9(12)5-8;1-4-6-7-8-9(3)5-2;1-2-3(4,5)6/h5-10,17-18,22H,3-4,11-16,19H2,1-2H3,(H,32,33);4-5H,1H2,2-3H3,(H2,13,14);7-9H,4-6H2,1-3H3;2H2,1H3/b;;8-7-;. The first-order chi connectivity index (χ1) is 30.3. The molecule has 12 heteroatoms. The van der Waals surface area contributed by atoms with Crippen molar-refractivity contribution in [1.82, 2.24) is 4.90 Å². The van der Waals surface area contributed by atoms with Crippen LogP contribution < -0.4 is 15.2 Å². The number of nitrogens with zero attached hydrogens (tertiary/aromatic N) is 1. The zero-order valence-electron chi connectivity index (χ0n) is 39.0. The maximum atomic E-state index is 13.6. The number of carboxylic acids is 1. The maximum Gasteiger partial charge on any atom is 0.388 e. The fourth-order valence-electron chi connectivity index (χ4n) is 6.84. The lowest BCUT2D eigenvalue weighted by Gasteiger charge is -2.29. The number of rotatable bonds is 16. The number of primary amides is 1. The Bertz CT molecular complexity index is 2080. The molecule has 4 aromatic carbocycles. The number of amides is 1. The van der Waals surface area contributed by atoms with E-state index in [9.17, 15) is 36.6 Å². The van der Waals surface area contributed by atoms with Crippen molar-refractivity contribution in [3.63, 3.8) is 0 Å². The van der Waals surface area contributed by atoms with Crippen molar-refractivity contribution in [2.45, 2.75) is 126 Å². The number of carbonyl (C=O) groups is 2. The topological polar surface area (TPSA) is 102 Å². The molecule has 5 rings (SSSR count). The van der Waals surface area contributed by atoms with E-state index < -0.39 is 36.5 Å². The van der Waals surface area contributed by atoms with Gasteiger partial charge in [-0.3, -0.25) is 14.5 Å². The van der Waals surface area contributed by atoms with Crippen LogP contribution in [0.15, 0.2) is 79.4 Å². The fraction of sp³-hybridized carbons (Fsp3) is 0.462. The van der Waals surface area contributed by atoms with E-state index in [4.69, 9.17) is 15.2 Å². The van der Waals surface area contributed by atoms with Crippen LogP contribution in [-0.2, 0) is 17.8 Å². The summed E-state index contributed by atoms with van der Waals surface area (Å²) in [5.74, 6) is 0.164. The lowest BCUT2D eigenvalue weighted by Crippen LogP contribution is -2.33. The number of alkyl halides is 4. The minimum Gasteiger partial charge on any atom is -0.493 e. The molecular formula is C52H69F5N2O5. The van der Waals surface area contributed by atoms with E-state index in [0.717, 1.165) is 82.6 Å². The van der Waals surface area contributed by atoms with E-state index >= 15 is 0 Å². The number of carbonyl (C=O) groups excluding carboxylic acids is 1. The Balaban J connectivity index is 0.000000395. The number of hydrogen-bond acceptors (Lipinski definition) is 5. The second-order valence-electron chi connectivity index (χ2n) is 15.9. The third kappa shape index (κ3) is 18.5. The first-order valence-corrected chi connectivity index (χ1v) is 22.3. The lowest BCUT2D eigenvalue weighted by molar-refractivity contribution is -0.137. The Morgan fingerprint density at radius 1 is 0.953 bits per heavy atom. The highest BCUT2D eigenvalue weighted by Gasteiger charge is 2.23. The maximum absolute atomic E-state index is 13.6. The lowest BCUT2D eigenvalue weighted by atomic mass is 9.92. The zero-order valence-corrected chi connectivity index (χ0v) is 39.0. The van der Waals surface area contributed by atoms with Crippen molar-refractivity contribution >= 4 is 28.2 Å². The summed E-state index contributed by atoms with van der Waals surface area (Å²) in [5.41, 5.74) is 11.0. The summed E-state index contributed by atoms with van der Waals surface area (Å²) in [5, 5.41) is 11.2. The summed E-state index contributed by atoms with van der Waals surface area (Å²) in [7, 11) is 0. The Hall–Kier alpha value is -5.23. The number of hydrogen-bond donors (Lipinski definition) is 2. The summed E-state index contributed by atoms with van der Waals surface area (Å²) in [6, 6.07) is 19.3. The molecule has 64 heavy (non-hydrogen) atoms. The van der Waals surface area contributed by atoms with Crippen molar-refractivity contribution in [3.05, 3.63) is 113 Å². The van der Waals surface area contributed by atoms with Gasteiger partial charge in [0.15, 0.2) is 0 Å². The highest BCUT2D eigenvalue weighted by molar-refractivity contribution is 6.01.